The molecule has 1 amide bonds. The summed E-state index contributed by atoms with van der Waals surface area (Å²) in [6.45, 7) is 5.75. The first kappa shape index (κ1) is 24.8. The van der Waals surface area contributed by atoms with E-state index in [2.05, 4.69) is 10.4 Å². The van der Waals surface area contributed by atoms with Gasteiger partial charge in [-0.25, -0.2) is 9.48 Å². The van der Waals surface area contributed by atoms with Crippen LogP contribution in [0, 0.1) is 0 Å². The summed E-state index contributed by atoms with van der Waals surface area (Å²) in [5, 5.41) is 16.9. The Morgan fingerprint density at radius 2 is 1.69 bits per heavy atom. The number of carboxylic acid groups (broad SMARTS) is 1. The number of nitrogens with one attached hydrogen (secondary N) is 1. The smallest absolute Gasteiger partial charge is 0.356 e. The van der Waals surface area contributed by atoms with Crippen molar-refractivity contribution in [3.63, 3.8) is 0 Å². The van der Waals surface area contributed by atoms with Crippen molar-refractivity contribution in [2.24, 2.45) is 0 Å². The number of hydrogen-bond acceptors (Lipinski definition) is 7. The highest BCUT2D eigenvalue weighted by Crippen LogP contribution is 2.30. The zero-order valence-corrected chi connectivity index (χ0v) is 20.6. The van der Waals surface area contributed by atoms with Crippen molar-refractivity contribution in [1.82, 2.24) is 9.78 Å². The molecule has 3 aromatic rings. The fourth-order valence-corrected chi connectivity index (χ4v) is 4.00. The largest absolute Gasteiger partial charge is 0.497 e. The van der Waals surface area contributed by atoms with E-state index in [0.29, 0.717) is 41.3 Å². The highest BCUT2D eigenvalue weighted by Gasteiger charge is 2.35. The Kier molecular flexibility index (Phi) is 6.69. The normalized spacial score (nSPS) is 13.2. The molecule has 0 atom stereocenters. The number of benzene rings is 2. The molecular weight excluding hydrogens is 464 g/mol. The monoisotopic (exact) mass is 492 g/mol. The van der Waals surface area contributed by atoms with E-state index in [9.17, 15) is 19.5 Å². The van der Waals surface area contributed by atoms with Gasteiger partial charge in [-0.15, -0.1) is 0 Å². The van der Waals surface area contributed by atoms with Crippen LogP contribution >= 0.6 is 0 Å². The van der Waals surface area contributed by atoms with Crippen LogP contribution in [0.5, 0.6) is 5.75 Å². The summed E-state index contributed by atoms with van der Waals surface area (Å²) in [4.78, 5) is 38.9. The van der Waals surface area contributed by atoms with E-state index in [0.717, 1.165) is 0 Å². The molecule has 2 N–H and O–H groups in total. The number of carbonyl (C=O) groups is 3. The predicted octanol–water partition coefficient (Wildman–Crippen LogP) is 3.54. The van der Waals surface area contributed by atoms with E-state index >= 15 is 0 Å². The number of aromatic carboxylic acids is 1. The van der Waals surface area contributed by atoms with Crippen molar-refractivity contribution in [1.29, 1.82) is 0 Å². The van der Waals surface area contributed by atoms with Crippen LogP contribution in [-0.4, -0.2) is 58.5 Å². The molecule has 0 saturated carbocycles. The molecule has 0 radical (unpaired) electrons. The summed E-state index contributed by atoms with van der Waals surface area (Å²) in [5.41, 5.74) is 1.84. The van der Waals surface area contributed by atoms with Crippen LogP contribution in [0.3, 0.4) is 0 Å². The first-order valence-corrected chi connectivity index (χ1v) is 11.4. The zero-order chi connectivity index (χ0) is 26.0. The highest BCUT2D eigenvalue weighted by molar-refractivity contribution is 6.09. The maximum atomic E-state index is 13.6. The molecule has 1 aliphatic heterocycles. The molecule has 4 rings (SSSR count). The van der Waals surface area contributed by atoms with Crippen molar-refractivity contribution >= 4 is 29.2 Å². The number of hydrogen-bond donors (Lipinski definition) is 2. The van der Waals surface area contributed by atoms with Gasteiger partial charge < -0.3 is 24.8 Å². The molecule has 36 heavy (non-hydrogen) atoms. The average molecular weight is 493 g/mol. The number of nitrogens with zero attached hydrogens (tertiary/aromatic N) is 3. The van der Waals surface area contributed by atoms with Gasteiger partial charge in [0, 0.05) is 23.5 Å². The minimum atomic E-state index is -1.18. The molecule has 0 aliphatic carbocycles. The summed E-state index contributed by atoms with van der Waals surface area (Å²) in [5.74, 6) is -1.26. The first-order valence-electron chi connectivity index (χ1n) is 11.4. The second kappa shape index (κ2) is 9.73. The van der Waals surface area contributed by atoms with Crippen molar-refractivity contribution in [3.05, 3.63) is 65.5 Å². The van der Waals surface area contributed by atoms with Crippen molar-refractivity contribution in [2.45, 2.75) is 32.8 Å². The third-order valence-electron chi connectivity index (χ3n) is 5.57. The standard InChI is InChI=1S/C26H28N4O6/c1-26(2,3)36-21(31)15-27-16-5-7-17(8-6-16)29-14-13-20-22(25(33)34)28-30(23(20)24(29)32)18-9-11-19(35-4)12-10-18/h5-12,27H,13-15H2,1-4H3,(H,33,34). The van der Waals surface area contributed by atoms with E-state index in [1.807, 2.05) is 0 Å². The van der Waals surface area contributed by atoms with Gasteiger partial charge in [0.2, 0.25) is 0 Å². The number of esters is 1. The molecule has 0 saturated heterocycles. The second-order valence-electron chi connectivity index (χ2n) is 9.28. The number of fused-ring (bicyclic) bond motifs is 1. The molecular formula is C26H28N4O6. The van der Waals surface area contributed by atoms with Crippen LogP contribution in [0.2, 0.25) is 0 Å². The lowest BCUT2D eigenvalue weighted by atomic mass is 10.0. The lowest BCUT2D eigenvalue weighted by molar-refractivity contribution is -0.152. The molecule has 188 valence electrons. The fourth-order valence-electron chi connectivity index (χ4n) is 4.00. The molecule has 1 aliphatic rings. The van der Waals surface area contributed by atoms with Gasteiger partial charge in [0.25, 0.3) is 5.91 Å². The number of carboxylic acids is 1. The third-order valence-corrected chi connectivity index (χ3v) is 5.57. The van der Waals surface area contributed by atoms with Gasteiger partial charge in [-0.1, -0.05) is 0 Å². The Balaban J connectivity index is 1.57. The van der Waals surface area contributed by atoms with Gasteiger partial charge in [0.15, 0.2) is 5.69 Å². The van der Waals surface area contributed by atoms with Gasteiger partial charge >= 0.3 is 11.9 Å². The topological polar surface area (TPSA) is 123 Å². The Labute approximate surface area is 208 Å². The van der Waals surface area contributed by atoms with Crippen molar-refractivity contribution in [3.8, 4) is 11.4 Å². The Morgan fingerprint density at radius 3 is 2.28 bits per heavy atom. The molecule has 2 aromatic carbocycles. The summed E-state index contributed by atoms with van der Waals surface area (Å²) in [7, 11) is 1.55. The quantitative estimate of drug-likeness (QED) is 0.480. The van der Waals surface area contributed by atoms with Gasteiger partial charge in [-0.2, -0.15) is 5.10 Å². The average Bonchev–Trinajstić information content (AvgIpc) is 3.23. The Bertz CT molecular complexity index is 1290. The summed E-state index contributed by atoms with van der Waals surface area (Å²) >= 11 is 0. The number of carbonyl (C=O) groups excluding carboxylic acids is 2. The number of rotatable bonds is 7. The van der Waals surface area contributed by atoms with E-state index in [-0.39, 0.29) is 29.8 Å². The maximum absolute atomic E-state index is 13.6. The van der Waals surface area contributed by atoms with Crippen molar-refractivity contribution in [2.75, 3.05) is 30.4 Å². The van der Waals surface area contributed by atoms with Crippen LogP contribution in [0.4, 0.5) is 11.4 Å². The highest BCUT2D eigenvalue weighted by atomic mass is 16.6. The first-order chi connectivity index (χ1) is 17.1. The molecule has 1 aromatic heterocycles. The Hall–Kier alpha value is -4.34. The predicted molar refractivity (Wildman–Crippen MR) is 133 cm³/mol. The lowest BCUT2D eigenvalue weighted by Gasteiger charge is -2.28. The van der Waals surface area contributed by atoms with Crippen LogP contribution in [0.1, 0.15) is 47.3 Å². The number of ether oxygens (including phenoxy) is 2. The molecule has 0 bridgehead atoms. The van der Waals surface area contributed by atoms with E-state index in [1.165, 1.54) is 4.68 Å². The second-order valence-corrected chi connectivity index (χ2v) is 9.28. The van der Waals surface area contributed by atoms with Gasteiger partial charge in [0.05, 0.1) is 12.8 Å². The number of aromatic nitrogens is 2. The summed E-state index contributed by atoms with van der Waals surface area (Å²) < 4.78 is 11.9. The minimum Gasteiger partial charge on any atom is -0.497 e. The zero-order valence-electron chi connectivity index (χ0n) is 20.6. The Morgan fingerprint density at radius 1 is 1.06 bits per heavy atom. The summed E-state index contributed by atoms with van der Waals surface area (Å²) in [6.07, 6.45) is 0.345. The van der Waals surface area contributed by atoms with E-state index < -0.39 is 11.6 Å². The molecule has 0 spiro atoms. The lowest BCUT2D eigenvalue weighted by Crippen LogP contribution is -2.39. The fraction of sp³-hybridized carbons (Fsp3) is 0.308. The van der Waals surface area contributed by atoms with E-state index in [4.69, 9.17) is 9.47 Å². The van der Waals surface area contributed by atoms with Crippen LogP contribution in [0.15, 0.2) is 48.5 Å². The van der Waals surface area contributed by atoms with Crippen LogP contribution in [0.25, 0.3) is 5.69 Å². The van der Waals surface area contributed by atoms with Gasteiger partial charge in [0.1, 0.15) is 23.6 Å². The minimum absolute atomic E-state index is 0.0155. The maximum Gasteiger partial charge on any atom is 0.356 e. The molecule has 10 nitrogen and oxygen atoms in total. The van der Waals surface area contributed by atoms with Gasteiger partial charge in [-0.05, 0) is 75.7 Å². The summed E-state index contributed by atoms with van der Waals surface area (Å²) in [6, 6.07) is 14.0. The molecule has 0 fully saturated rings. The number of anilines is 2. The number of amides is 1. The molecule has 2 heterocycles. The SMILES string of the molecule is COc1ccc(-n2nc(C(=O)O)c3c2C(=O)N(c2ccc(NCC(=O)OC(C)(C)C)cc2)CC3)cc1. The molecule has 10 heteroatoms. The molecule has 0 unspecified atom stereocenters. The van der Waals surface area contributed by atoms with E-state index in [1.54, 1.807) is 81.3 Å². The van der Waals surface area contributed by atoms with Crippen molar-refractivity contribution < 1.29 is 29.0 Å². The third kappa shape index (κ3) is 5.17. The van der Waals surface area contributed by atoms with Crippen LogP contribution < -0.4 is 15.0 Å². The number of methoxy groups -OCH3 is 1. The van der Waals surface area contributed by atoms with Gasteiger partial charge in [-0.3, -0.25) is 9.59 Å². The van der Waals surface area contributed by atoms with Crippen LogP contribution in [-0.2, 0) is 16.0 Å².